The molecule has 0 bridgehead atoms. The maximum absolute atomic E-state index is 7.18. The third-order valence-corrected chi connectivity index (χ3v) is 24.0. The maximum Gasteiger partial charge on any atom is 0.192 e. The van der Waals surface area contributed by atoms with Crippen LogP contribution in [0.5, 0.6) is 0 Å². The van der Waals surface area contributed by atoms with Gasteiger partial charge in [-0.2, -0.15) is 0 Å². The first-order chi connectivity index (χ1) is 19.0. The second-order valence-electron chi connectivity index (χ2n) is 19.7. The van der Waals surface area contributed by atoms with Gasteiger partial charge in [0.05, 0.1) is 6.10 Å². The zero-order valence-electron chi connectivity index (χ0n) is 30.9. The molecule has 0 radical (unpaired) electrons. The Morgan fingerprint density at radius 3 is 2.05 bits per heavy atom. The first-order valence-electron chi connectivity index (χ1n) is 18.0. The molecule has 3 saturated carbocycles. The molecule has 2 nitrogen and oxygen atoms in total. The molecule has 4 aliphatic carbocycles. The Bertz CT molecular complexity index is 998. The van der Waals surface area contributed by atoms with Gasteiger partial charge in [-0.3, -0.25) is 0 Å². The quantitative estimate of drug-likeness (QED) is 0.153. The third-order valence-electron chi connectivity index (χ3n) is 15.0. The summed E-state index contributed by atoms with van der Waals surface area (Å²) in [5, 5.41) is 0.568. The molecular weight excluding hydrogens is 545 g/mol. The van der Waals surface area contributed by atoms with E-state index in [2.05, 4.69) is 108 Å². The predicted molar refractivity (Wildman–Crippen MR) is 188 cm³/mol. The second-order valence-corrected chi connectivity index (χ2v) is 29.3. The molecule has 3 fully saturated rings. The second kappa shape index (κ2) is 11.4. The van der Waals surface area contributed by atoms with Crippen LogP contribution in [0.15, 0.2) is 11.6 Å². The molecule has 4 rings (SSSR count). The lowest BCUT2D eigenvalue weighted by Crippen LogP contribution is -2.57. The molecule has 0 saturated heterocycles. The lowest BCUT2D eigenvalue weighted by atomic mass is 9.44. The highest BCUT2D eigenvalue weighted by molar-refractivity contribution is 6.74. The van der Waals surface area contributed by atoms with E-state index in [4.69, 9.17) is 8.85 Å². The maximum atomic E-state index is 7.18. The fourth-order valence-corrected chi connectivity index (χ4v) is 12.8. The van der Waals surface area contributed by atoms with Gasteiger partial charge in [0.15, 0.2) is 16.6 Å². The minimum atomic E-state index is -1.81. The van der Waals surface area contributed by atoms with Crippen LogP contribution < -0.4 is 0 Å². The van der Waals surface area contributed by atoms with Gasteiger partial charge < -0.3 is 8.85 Å². The SMILES string of the molecule is C[C@H](CCCO[Si](C)(C)C(C)(C)C)[C@H]1CC[C@H]2[C@@H]3CC=C4C(C)(C)[C@@H](O[Si](C)(C)C(C)(C)C)CC[C@]4(C)[C@H]3CC[C@]12C. The zero-order valence-corrected chi connectivity index (χ0v) is 32.9. The van der Waals surface area contributed by atoms with Gasteiger partial charge in [0.2, 0.25) is 0 Å². The predicted octanol–water partition coefficient (Wildman–Crippen LogP) is 12.0. The fourth-order valence-electron chi connectivity index (χ4n) is 10.2. The van der Waals surface area contributed by atoms with Crippen molar-refractivity contribution in [2.45, 2.75) is 176 Å². The van der Waals surface area contributed by atoms with E-state index in [1.807, 2.05) is 0 Å². The lowest BCUT2D eigenvalue weighted by Gasteiger charge is -2.62. The fraction of sp³-hybridized carbons (Fsp3) is 0.947. The van der Waals surface area contributed by atoms with E-state index < -0.39 is 16.6 Å². The normalized spacial score (nSPS) is 37.9. The number of rotatable bonds is 8. The molecule has 244 valence electrons. The summed E-state index contributed by atoms with van der Waals surface area (Å²) in [6.07, 6.45) is 15.4. The Morgan fingerprint density at radius 1 is 0.833 bits per heavy atom. The van der Waals surface area contributed by atoms with Crippen LogP contribution in [0.2, 0.25) is 36.3 Å². The summed E-state index contributed by atoms with van der Waals surface area (Å²) in [4.78, 5) is 0. The van der Waals surface area contributed by atoms with E-state index in [0.29, 0.717) is 22.0 Å². The van der Waals surface area contributed by atoms with E-state index >= 15 is 0 Å². The van der Waals surface area contributed by atoms with Crippen LogP contribution >= 0.6 is 0 Å². The summed E-state index contributed by atoms with van der Waals surface area (Å²) in [5.74, 6) is 4.35. The summed E-state index contributed by atoms with van der Waals surface area (Å²) < 4.78 is 13.7. The van der Waals surface area contributed by atoms with Crippen molar-refractivity contribution in [1.29, 1.82) is 0 Å². The van der Waals surface area contributed by atoms with Gasteiger partial charge in [0.25, 0.3) is 0 Å². The van der Waals surface area contributed by atoms with E-state index in [1.54, 1.807) is 5.57 Å². The molecule has 42 heavy (non-hydrogen) atoms. The minimum absolute atomic E-state index is 0.132. The molecule has 0 amide bonds. The van der Waals surface area contributed by atoms with Crippen molar-refractivity contribution in [2.75, 3.05) is 6.61 Å². The van der Waals surface area contributed by atoms with Gasteiger partial charge in [0, 0.05) is 12.0 Å². The average molecular weight is 617 g/mol. The van der Waals surface area contributed by atoms with E-state index in [9.17, 15) is 0 Å². The lowest BCUT2D eigenvalue weighted by molar-refractivity contribution is -0.0759. The van der Waals surface area contributed by atoms with Crippen LogP contribution in [0.4, 0.5) is 0 Å². The van der Waals surface area contributed by atoms with Gasteiger partial charge in [-0.05, 0) is 134 Å². The van der Waals surface area contributed by atoms with Crippen LogP contribution in [-0.4, -0.2) is 29.3 Å². The molecule has 4 heteroatoms. The number of allylic oxidation sites excluding steroid dienone is 1. The number of fused-ring (bicyclic) bond motifs is 5. The third kappa shape index (κ3) is 6.00. The molecule has 0 heterocycles. The van der Waals surface area contributed by atoms with Crippen LogP contribution in [0.3, 0.4) is 0 Å². The van der Waals surface area contributed by atoms with Crippen LogP contribution in [0.25, 0.3) is 0 Å². The Labute approximate surface area is 265 Å². The Hall–Kier alpha value is 0.0938. The van der Waals surface area contributed by atoms with E-state index in [0.717, 1.165) is 36.2 Å². The molecule has 0 aromatic carbocycles. The van der Waals surface area contributed by atoms with Gasteiger partial charge in [-0.15, -0.1) is 0 Å². The van der Waals surface area contributed by atoms with Crippen molar-refractivity contribution in [3.63, 3.8) is 0 Å². The van der Waals surface area contributed by atoms with Crippen LogP contribution in [0, 0.1) is 45.8 Å². The van der Waals surface area contributed by atoms with Crippen LogP contribution in [0.1, 0.15) is 134 Å². The topological polar surface area (TPSA) is 18.5 Å². The summed E-state index contributed by atoms with van der Waals surface area (Å²) in [7, 11) is -3.45. The van der Waals surface area contributed by atoms with Crippen molar-refractivity contribution in [3.8, 4) is 0 Å². The Kier molecular flexibility index (Phi) is 9.50. The molecule has 4 aliphatic rings. The molecule has 0 spiro atoms. The molecular formula is C38H72O2Si2. The van der Waals surface area contributed by atoms with Gasteiger partial charge in [-0.1, -0.05) is 87.8 Å². The molecule has 0 aliphatic heterocycles. The van der Waals surface area contributed by atoms with Crippen molar-refractivity contribution >= 4 is 16.6 Å². The van der Waals surface area contributed by atoms with Crippen molar-refractivity contribution in [1.82, 2.24) is 0 Å². The monoisotopic (exact) mass is 617 g/mol. The summed E-state index contributed by atoms with van der Waals surface area (Å²) in [6, 6.07) is 0. The summed E-state index contributed by atoms with van der Waals surface area (Å²) >= 11 is 0. The highest BCUT2D eigenvalue weighted by Crippen LogP contribution is 2.69. The first-order valence-corrected chi connectivity index (χ1v) is 23.8. The Morgan fingerprint density at radius 2 is 1.45 bits per heavy atom. The summed E-state index contributed by atoms with van der Waals surface area (Å²) in [5.41, 5.74) is 2.78. The van der Waals surface area contributed by atoms with Gasteiger partial charge in [-0.25, -0.2) is 0 Å². The Balaban J connectivity index is 1.45. The van der Waals surface area contributed by atoms with Crippen molar-refractivity contribution in [3.05, 3.63) is 11.6 Å². The van der Waals surface area contributed by atoms with Crippen molar-refractivity contribution in [2.24, 2.45) is 45.8 Å². The standard InChI is InChI=1S/C38H72O2Si2/c1-27(17-16-26-39-41(12,13)34(2,3)4)29-19-20-30-28-18-21-32-36(8,9)33(40-42(14,15)35(5,6)7)23-25-38(32,11)31(28)22-24-37(29,30)10/h21,27-31,33H,16-20,22-26H2,1-15H3/t27-,28+,29-,30+,31+,33+,37-,38-/m1/s1. The average Bonchev–Trinajstić information content (AvgIpc) is 3.19. The molecule has 0 unspecified atom stereocenters. The van der Waals surface area contributed by atoms with E-state index in [-0.39, 0.29) is 10.5 Å². The molecule has 8 atom stereocenters. The summed E-state index contributed by atoms with van der Waals surface area (Å²) in [6.45, 7) is 38.0. The van der Waals surface area contributed by atoms with Gasteiger partial charge >= 0.3 is 0 Å². The molecule has 0 N–H and O–H groups in total. The highest BCUT2D eigenvalue weighted by atomic mass is 28.4. The minimum Gasteiger partial charge on any atom is -0.417 e. The highest BCUT2D eigenvalue weighted by Gasteiger charge is 2.61. The number of hydrogen-bond donors (Lipinski definition) is 0. The zero-order chi connectivity index (χ0) is 31.7. The van der Waals surface area contributed by atoms with Crippen molar-refractivity contribution < 1.29 is 8.85 Å². The van der Waals surface area contributed by atoms with Gasteiger partial charge in [0.1, 0.15) is 0 Å². The van der Waals surface area contributed by atoms with Crippen LogP contribution in [-0.2, 0) is 8.85 Å². The largest absolute Gasteiger partial charge is 0.417 e. The smallest absolute Gasteiger partial charge is 0.192 e. The molecule has 0 aromatic heterocycles. The number of hydrogen-bond acceptors (Lipinski definition) is 2. The van der Waals surface area contributed by atoms with E-state index in [1.165, 1.54) is 57.8 Å². The molecule has 0 aromatic rings. The first kappa shape index (κ1) is 35.0.